The van der Waals surface area contributed by atoms with Crippen molar-refractivity contribution in [1.82, 2.24) is 14.9 Å². The number of hydrogen-bond acceptors (Lipinski definition) is 6. The lowest BCUT2D eigenvalue weighted by atomic mass is 9.92. The molecule has 0 radical (unpaired) electrons. The van der Waals surface area contributed by atoms with Gasteiger partial charge in [-0.05, 0) is 63.4 Å². The van der Waals surface area contributed by atoms with E-state index in [0.29, 0.717) is 12.0 Å². The Labute approximate surface area is 179 Å². The van der Waals surface area contributed by atoms with Gasteiger partial charge in [0.15, 0.2) is 0 Å². The van der Waals surface area contributed by atoms with Gasteiger partial charge in [-0.3, -0.25) is 0 Å². The highest BCUT2D eigenvalue weighted by Crippen LogP contribution is 2.35. The van der Waals surface area contributed by atoms with E-state index in [9.17, 15) is 0 Å². The molecule has 5 rings (SSSR count). The Morgan fingerprint density at radius 1 is 1.07 bits per heavy atom. The summed E-state index contributed by atoms with van der Waals surface area (Å²) in [5.41, 5.74) is 4.99. The number of rotatable bonds is 4. The molecule has 1 aliphatic carbocycles. The number of benzene rings is 1. The molecule has 2 fully saturated rings. The molecule has 156 valence electrons. The zero-order valence-corrected chi connectivity index (χ0v) is 18.2. The van der Waals surface area contributed by atoms with Crippen LogP contribution in [0, 0.1) is 6.92 Å². The van der Waals surface area contributed by atoms with Crippen molar-refractivity contribution < 1.29 is 0 Å². The van der Waals surface area contributed by atoms with E-state index in [1.54, 1.807) is 0 Å². The molecule has 3 heterocycles. The minimum Gasteiger partial charge on any atom is -0.369 e. The highest BCUT2D eigenvalue weighted by atomic mass is 35.5. The summed E-state index contributed by atoms with van der Waals surface area (Å²) in [6.07, 6.45) is 7.05. The molecule has 1 aromatic carbocycles. The number of halogens is 1. The summed E-state index contributed by atoms with van der Waals surface area (Å²) in [5.74, 6) is 1.85. The number of hydrogen-bond donors (Lipinski definition) is 1. The van der Waals surface area contributed by atoms with Gasteiger partial charge in [-0.1, -0.05) is 0 Å². The van der Waals surface area contributed by atoms with Gasteiger partial charge >= 0.3 is 0 Å². The molecule has 0 amide bonds. The predicted molar refractivity (Wildman–Crippen MR) is 122 cm³/mol. The molecule has 3 aliphatic rings. The molecular formula is C22H31ClN6. The zero-order chi connectivity index (χ0) is 19.1. The summed E-state index contributed by atoms with van der Waals surface area (Å²) >= 11 is 0. The van der Waals surface area contributed by atoms with Crippen LogP contribution in [0.4, 0.5) is 23.1 Å². The minimum absolute atomic E-state index is 0. The van der Waals surface area contributed by atoms with Gasteiger partial charge in [0.05, 0.1) is 0 Å². The van der Waals surface area contributed by atoms with E-state index in [-0.39, 0.29) is 12.4 Å². The summed E-state index contributed by atoms with van der Waals surface area (Å²) in [6, 6.07) is 7.29. The van der Waals surface area contributed by atoms with Gasteiger partial charge in [-0.2, -0.15) is 4.98 Å². The Bertz CT molecular complexity index is 860. The smallest absolute Gasteiger partial charge is 0.229 e. The second-order valence-corrected chi connectivity index (χ2v) is 8.49. The number of aryl methyl sites for hydroxylation is 1. The lowest BCUT2D eigenvalue weighted by molar-refractivity contribution is 0.312. The molecule has 2 aromatic rings. The lowest BCUT2D eigenvalue weighted by Gasteiger charge is -2.36. The SMILES string of the molecule is Cc1cc(Nc2ncc3c(n2)N(C2CCC2)CC3)ccc1N1CCN(C)CC1.Cl. The molecule has 29 heavy (non-hydrogen) atoms. The summed E-state index contributed by atoms with van der Waals surface area (Å²) in [7, 11) is 2.19. The maximum atomic E-state index is 4.87. The van der Waals surface area contributed by atoms with E-state index in [1.165, 1.54) is 36.1 Å². The molecule has 2 aliphatic heterocycles. The average Bonchev–Trinajstić information content (AvgIpc) is 3.05. The predicted octanol–water partition coefficient (Wildman–Crippen LogP) is 3.62. The normalized spacial score (nSPS) is 19.5. The summed E-state index contributed by atoms with van der Waals surface area (Å²) < 4.78 is 0. The van der Waals surface area contributed by atoms with Crippen molar-refractivity contribution in [2.75, 3.05) is 54.9 Å². The van der Waals surface area contributed by atoms with Crippen molar-refractivity contribution in [3.8, 4) is 0 Å². The largest absolute Gasteiger partial charge is 0.369 e. The Kier molecular flexibility index (Phi) is 5.83. The highest BCUT2D eigenvalue weighted by Gasteiger charge is 2.31. The molecule has 1 saturated heterocycles. The van der Waals surface area contributed by atoms with Crippen LogP contribution in [0.25, 0.3) is 0 Å². The first-order valence-corrected chi connectivity index (χ1v) is 10.6. The summed E-state index contributed by atoms with van der Waals surface area (Å²) in [4.78, 5) is 16.8. The molecule has 1 aromatic heterocycles. The number of nitrogens with one attached hydrogen (secondary N) is 1. The van der Waals surface area contributed by atoms with Crippen molar-refractivity contribution in [2.24, 2.45) is 0 Å². The van der Waals surface area contributed by atoms with E-state index in [2.05, 4.69) is 57.2 Å². The van der Waals surface area contributed by atoms with Gasteiger partial charge in [0, 0.05) is 61.9 Å². The van der Waals surface area contributed by atoms with Crippen LogP contribution in [0.5, 0.6) is 0 Å². The van der Waals surface area contributed by atoms with Gasteiger partial charge in [0.25, 0.3) is 0 Å². The van der Waals surface area contributed by atoms with Gasteiger partial charge < -0.3 is 20.0 Å². The fourth-order valence-electron chi connectivity index (χ4n) is 4.55. The molecule has 6 nitrogen and oxygen atoms in total. The van der Waals surface area contributed by atoms with E-state index in [0.717, 1.165) is 50.6 Å². The van der Waals surface area contributed by atoms with Crippen molar-refractivity contribution in [3.05, 3.63) is 35.5 Å². The number of likely N-dealkylation sites (N-methyl/N-ethyl adjacent to an activating group) is 1. The number of anilines is 4. The van der Waals surface area contributed by atoms with Crippen LogP contribution >= 0.6 is 12.4 Å². The highest BCUT2D eigenvalue weighted by molar-refractivity contribution is 5.85. The first-order valence-electron chi connectivity index (χ1n) is 10.6. The first kappa shape index (κ1) is 20.2. The maximum Gasteiger partial charge on any atom is 0.229 e. The van der Waals surface area contributed by atoms with Crippen molar-refractivity contribution in [2.45, 2.75) is 38.6 Å². The Balaban J connectivity index is 0.00000205. The second kappa shape index (κ2) is 8.36. The third-order valence-electron chi connectivity index (χ3n) is 6.55. The summed E-state index contributed by atoms with van der Waals surface area (Å²) in [6.45, 7) is 7.72. The third kappa shape index (κ3) is 4.01. The van der Waals surface area contributed by atoms with Gasteiger partial charge in [-0.15, -0.1) is 12.4 Å². The Morgan fingerprint density at radius 2 is 1.86 bits per heavy atom. The average molecular weight is 415 g/mol. The molecular weight excluding hydrogens is 384 g/mol. The molecule has 7 heteroatoms. The first-order chi connectivity index (χ1) is 13.7. The van der Waals surface area contributed by atoms with E-state index in [1.807, 2.05) is 6.20 Å². The standard InChI is InChI=1S/C22H30N6.ClH/c1-16-14-18(6-7-20(16)27-12-10-26(2)11-13-27)24-22-23-15-17-8-9-28(21(17)25-22)19-4-3-5-19;/h6-7,14-15,19H,3-5,8-13H2,1-2H3,(H,23,24,25);1H. The number of fused-ring (bicyclic) bond motifs is 1. The third-order valence-corrected chi connectivity index (χ3v) is 6.55. The molecule has 0 spiro atoms. The molecule has 1 N–H and O–H groups in total. The molecule has 1 saturated carbocycles. The Hall–Kier alpha value is -2.05. The van der Waals surface area contributed by atoms with Crippen LogP contribution in [-0.2, 0) is 6.42 Å². The molecule has 0 bridgehead atoms. The Morgan fingerprint density at radius 3 is 2.55 bits per heavy atom. The quantitative estimate of drug-likeness (QED) is 0.824. The van der Waals surface area contributed by atoms with Crippen LogP contribution in [0.15, 0.2) is 24.4 Å². The summed E-state index contributed by atoms with van der Waals surface area (Å²) in [5, 5.41) is 3.43. The molecule has 0 unspecified atom stereocenters. The van der Waals surface area contributed by atoms with Crippen molar-refractivity contribution >= 4 is 35.5 Å². The van der Waals surface area contributed by atoms with Crippen LogP contribution in [-0.4, -0.2) is 60.7 Å². The number of piperazine rings is 1. The number of nitrogens with zero attached hydrogens (tertiary/aromatic N) is 5. The monoisotopic (exact) mass is 414 g/mol. The van der Waals surface area contributed by atoms with Gasteiger partial charge in [0.1, 0.15) is 5.82 Å². The fraction of sp³-hybridized carbons (Fsp3) is 0.545. The van der Waals surface area contributed by atoms with Crippen LogP contribution < -0.4 is 15.1 Å². The topological polar surface area (TPSA) is 47.5 Å². The fourth-order valence-corrected chi connectivity index (χ4v) is 4.55. The maximum absolute atomic E-state index is 4.87. The van der Waals surface area contributed by atoms with Crippen molar-refractivity contribution in [3.63, 3.8) is 0 Å². The number of aromatic nitrogens is 2. The van der Waals surface area contributed by atoms with Gasteiger partial charge in [-0.25, -0.2) is 4.98 Å². The lowest BCUT2D eigenvalue weighted by Crippen LogP contribution is -2.44. The van der Waals surface area contributed by atoms with E-state index in [4.69, 9.17) is 4.98 Å². The van der Waals surface area contributed by atoms with E-state index < -0.39 is 0 Å². The van der Waals surface area contributed by atoms with Crippen LogP contribution in [0.3, 0.4) is 0 Å². The molecule has 0 atom stereocenters. The van der Waals surface area contributed by atoms with E-state index >= 15 is 0 Å². The van der Waals surface area contributed by atoms with Crippen LogP contribution in [0.1, 0.15) is 30.4 Å². The van der Waals surface area contributed by atoms with Crippen molar-refractivity contribution in [1.29, 1.82) is 0 Å². The zero-order valence-electron chi connectivity index (χ0n) is 17.4. The second-order valence-electron chi connectivity index (χ2n) is 8.49. The minimum atomic E-state index is 0. The van der Waals surface area contributed by atoms with Gasteiger partial charge in [0.2, 0.25) is 5.95 Å². The van der Waals surface area contributed by atoms with Crippen LogP contribution in [0.2, 0.25) is 0 Å².